The summed E-state index contributed by atoms with van der Waals surface area (Å²) in [6.07, 6.45) is 18.6. The second-order valence-electron chi connectivity index (χ2n) is 17.8. The second kappa shape index (κ2) is 23.6. The van der Waals surface area contributed by atoms with Gasteiger partial charge in [0.2, 0.25) is 0 Å². The van der Waals surface area contributed by atoms with E-state index in [-0.39, 0.29) is 29.2 Å². The molecular weight excluding hydrogens is 772 g/mol. The molecule has 0 heterocycles. The molecule has 7 unspecified atom stereocenters. The monoisotopic (exact) mass is 842 g/mol. The van der Waals surface area contributed by atoms with Crippen molar-refractivity contribution in [3.63, 3.8) is 0 Å². The lowest BCUT2D eigenvalue weighted by Gasteiger charge is -2.53. The maximum Gasteiger partial charge on any atom is 0.453 e. The van der Waals surface area contributed by atoms with E-state index in [1.807, 2.05) is 19.1 Å². The van der Waals surface area contributed by atoms with Crippen LogP contribution < -0.4 is 4.74 Å². The molecule has 3 aliphatic carbocycles. The van der Waals surface area contributed by atoms with E-state index in [1.54, 1.807) is 6.08 Å². The lowest BCUT2D eigenvalue weighted by atomic mass is 9.52. The molecule has 0 radical (unpaired) electrons. The highest BCUT2D eigenvalue weighted by Gasteiger charge is 2.58. The van der Waals surface area contributed by atoms with E-state index in [2.05, 4.69) is 26.0 Å². The van der Waals surface area contributed by atoms with E-state index in [0.29, 0.717) is 48.0 Å². The third kappa shape index (κ3) is 14.1. The standard InChI is InChI=1S/C47H71F5O5S/c1-4-6-7-8-9-12-15-18-23-43(54)57-41-27-26-40-44-35(22-17-14-11-10-13-16-19-31-58(55)32-20-29-46(48,49)47(50,51)52)33-36-34-37(56-42(53)21-5-2)24-25-38(36)39(44)28-30-45(40,41)3/h18,23-25,34-35,39-41,44H,4-17,19-22,26-33H2,1-3H3. The zero-order valence-corrected chi connectivity index (χ0v) is 36.3. The molecule has 0 spiro atoms. The Balaban J connectivity index is 1.29. The lowest BCUT2D eigenvalue weighted by molar-refractivity contribution is -0.284. The molecule has 5 nitrogen and oxygen atoms in total. The van der Waals surface area contributed by atoms with Gasteiger partial charge in [0, 0.05) is 46.6 Å². The highest BCUT2D eigenvalue weighted by Crippen LogP contribution is 2.63. The van der Waals surface area contributed by atoms with E-state index in [0.717, 1.165) is 96.3 Å². The third-order valence-corrected chi connectivity index (χ3v) is 14.9. The molecule has 0 amide bonds. The molecule has 0 bridgehead atoms. The van der Waals surface area contributed by atoms with Gasteiger partial charge in [0.25, 0.3) is 0 Å². The van der Waals surface area contributed by atoms with Crippen LogP contribution in [0.3, 0.4) is 0 Å². The van der Waals surface area contributed by atoms with Gasteiger partial charge in [-0.2, -0.15) is 22.0 Å². The van der Waals surface area contributed by atoms with Gasteiger partial charge in [-0.1, -0.05) is 104 Å². The van der Waals surface area contributed by atoms with Crippen LogP contribution in [0, 0.1) is 23.2 Å². The zero-order valence-electron chi connectivity index (χ0n) is 35.5. The summed E-state index contributed by atoms with van der Waals surface area (Å²) < 4.78 is 87.4. The Kier molecular flexibility index (Phi) is 19.7. The summed E-state index contributed by atoms with van der Waals surface area (Å²) in [4.78, 5) is 25.4. The molecule has 2 fully saturated rings. The first-order valence-corrected chi connectivity index (χ1v) is 24.2. The van der Waals surface area contributed by atoms with Crippen molar-refractivity contribution in [3.05, 3.63) is 41.5 Å². The normalized spacial score (nSPS) is 24.9. The summed E-state index contributed by atoms with van der Waals surface area (Å²) in [5, 5.41) is 0. The van der Waals surface area contributed by atoms with Crippen molar-refractivity contribution in [2.45, 2.75) is 199 Å². The molecule has 0 N–H and O–H groups in total. The molecule has 1 aromatic rings. The minimum Gasteiger partial charge on any atom is -0.459 e. The van der Waals surface area contributed by atoms with E-state index >= 15 is 0 Å². The fourth-order valence-electron chi connectivity index (χ4n) is 10.3. The van der Waals surface area contributed by atoms with Gasteiger partial charge < -0.3 is 9.47 Å². The summed E-state index contributed by atoms with van der Waals surface area (Å²) >= 11 is 0. The quantitative estimate of drug-likeness (QED) is 0.0305. The number of halogens is 5. The molecule has 0 aromatic heterocycles. The van der Waals surface area contributed by atoms with Gasteiger partial charge in [-0.15, -0.1) is 0 Å². The van der Waals surface area contributed by atoms with Crippen molar-refractivity contribution < 1.29 is 45.2 Å². The Hall–Kier alpha value is -2.30. The number of rotatable bonds is 26. The number of unbranched alkanes of at least 4 members (excludes halogenated alkanes) is 12. The number of ether oxygens (including phenoxy) is 2. The van der Waals surface area contributed by atoms with Crippen LogP contribution in [0.25, 0.3) is 0 Å². The molecule has 11 heteroatoms. The van der Waals surface area contributed by atoms with Crippen molar-refractivity contribution >= 4 is 22.7 Å². The Morgan fingerprint density at radius 3 is 2.22 bits per heavy atom. The van der Waals surface area contributed by atoms with E-state index in [9.17, 15) is 35.8 Å². The SMILES string of the molecule is CCCCCCCCC=CC(=O)OC1CCC2C3C(CCCCCCCCCS(=O)CCCC(F)(F)C(F)(F)F)Cc4cc(OC(=O)CCC)ccc4C3CCC12C. The average molecular weight is 843 g/mol. The topological polar surface area (TPSA) is 69.7 Å². The third-order valence-electron chi connectivity index (χ3n) is 13.4. The summed E-state index contributed by atoms with van der Waals surface area (Å²) in [5.41, 5.74) is 2.61. The summed E-state index contributed by atoms with van der Waals surface area (Å²) in [6, 6.07) is 6.26. The molecule has 3 aliphatic rings. The number of hydrogen-bond donors (Lipinski definition) is 0. The van der Waals surface area contributed by atoms with Crippen molar-refractivity contribution in [2.24, 2.45) is 23.2 Å². The molecule has 7 atom stereocenters. The summed E-state index contributed by atoms with van der Waals surface area (Å²) in [7, 11) is -1.39. The maximum absolute atomic E-state index is 13.1. The number of allylic oxidation sites excluding steroid dienone is 1. The summed E-state index contributed by atoms with van der Waals surface area (Å²) in [6.45, 7) is 6.55. The van der Waals surface area contributed by atoms with Crippen molar-refractivity contribution in [2.75, 3.05) is 11.5 Å². The predicted octanol–water partition coefficient (Wildman–Crippen LogP) is 13.5. The smallest absolute Gasteiger partial charge is 0.453 e. The number of benzene rings is 1. The number of alkyl halides is 5. The lowest BCUT2D eigenvalue weighted by Crippen LogP contribution is -2.48. The first-order valence-electron chi connectivity index (χ1n) is 22.7. The number of fused-ring (bicyclic) bond motifs is 5. The Morgan fingerprint density at radius 1 is 0.845 bits per heavy atom. The highest BCUT2D eigenvalue weighted by molar-refractivity contribution is 7.84. The Morgan fingerprint density at radius 2 is 1.52 bits per heavy atom. The van der Waals surface area contributed by atoms with Crippen molar-refractivity contribution in [1.29, 1.82) is 0 Å². The first-order chi connectivity index (χ1) is 27.7. The van der Waals surface area contributed by atoms with Crippen LogP contribution in [0.4, 0.5) is 22.0 Å². The fraction of sp³-hybridized carbons (Fsp3) is 0.787. The number of carbonyl (C=O) groups is 2. The van der Waals surface area contributed by atoms with E-state index in [1.165, 1.54) is 43.2 Å². The maximum atomic E-state index is 13.1. The minimum atomic E-state index is -5.56. The Bertz CT molecular complexity index is 1480. The van der Waals surface area contributed by atoms with Gasteiger partial charge in [-0.25, -0.2) is 4.79 Å². The van der Waals surface area contributed by atoms with E-state index < -0.39 is 35.7 Å². The average Bonchev–Trinajstić information content (AvgIpc) is 3.49. The van der Waals surface area contributed by atoms with Crippen LogP contribution in [-0.4, -0.2) is 45.9 Å². The van der Waals surface area contributed by atoms with Crippen LogP contribution in [0.1, 0.15) is 185 Å². The molecular formula is C47H71F5O5S. The molecule has 1 aromatic carbocycles. The van der Waals surface area contributed by atoms with Gasteiger partial charge in [-0.05, 0) is 118 Å². The number of hydrogen-bond acceptors (Lipinski definition) is 5. The van der Waals surface area contributed by atoms with E-state index in [4.69, 9.17) is 9.47 Å². The van der Waals surface area contributed by atoms with Crippen LogP contribution in [-0.2, 0) is 31.5 Å². The van der Waals surface area contributed by atoms with Gasteiger partial charge >= 0.3 is 24.0 Å². The highest BCUT2D eigenvalue weighted by atomic mass is 32.2. The molecule has 0 saturated heterocycles. The number of esters is 2. The molecule has 330 valence electrons. The van der Waals surface area contributed by atoms with Crippen LogP contribution in [0.2, 0.25) is 0 Å². The molecule has 58 heavy (non-hydrogen) atoms. The minimum absolute atomic E-state index is 0.0624. The van der Waals surface area contributed by atoms with Crippen molar-refractivity contribution in [3.8, 4) is 5.75 Å². The van der Waals surface area contributed by atoms with Gasteiger partial charge in [-0.3, -0.25) is 9.00 Å². The molecule has 4 rings (SSSR count). The van der Waals surface area contributed by atoms with Crippen LogP contribution in [0.15, 0.2) is 30.4 Å². The van der Waals surface area contributed by atoms with Crippen LogP contribution in [0.5, 0.6) is 5.75 Å². The largest absolute Gasteiger partial charge is 0.459 e. The zero-order chi connectivity index (χ0) is 42.2. The molecule has 0 aliphatic heterocycles. The van der Waals surface area contributed by atoms with Gasteiger partial charge in [0.05, 0.1) is 0 Å². The van der Waals surface area contributed by atoms with Gasteiger partial charge in [0.1, 0.15) is 11.9 Å². The second-order valence-corrected chi connectivity index (χ2v) is 19.5. The fourth-order valence-corrected chi connectivity index (χ4v) is 11.5. The Labute approximate surface area is 347 Å². The first kappa shape index (κ1) is 48.4. The predicted molar refractivity (Wildman–Crippen MR) is 223 cm³/mol. The molecule has 2 saturated carbocycles. The van der Waals surface area contributed by atoms with Crippen LogP contribution >= 0.6 is 0 Å². The summed E-state index contributed by atoms with van der Waals surface area (Å²) in [5.74, 6) is -2.47. The van der Waals surface area contributed by atoms with Crippen molar-refractivity contribution in [1.82, 2.24) is 0 Å². The van der Waals surface area contributed by atoms with Gasteiger partial charge in [0.15, 0.2) is 0 Å². The number of carbonyl (C=O) groups excluding carboxylic acids is 2.